The van der Waals surface area contributed by atoms with Gasteiger partial charge in [-0.25, -0.2) is 4.79 Å². The van der Waals surface area contributed by atoms with Crippen LogP contribution in [-0.4, -0.2) is 36.2 Å². The maximum atomic E-state index is 11.3. The van der Waals surface area contributed by atoms with E-state index in [0.717, 1.165) is 0 Å². The van der Waals surface area contributed by atoms with Crippen LogP contribution < -0.4 is 10.1 Å². The van der Waals surface area contributed by atoms with Gasteiger partial charge in [-0.3, -0.25) is 4.79 Å². The zero-order chi connectivity index (χ0) is 15.2. The Labute approximate surface area is 120 Å². The van der Waals surface area contributed by atoms with Gasteiger partial charge in [0.25, 0.3) is 0 Å². The standard InChI is InChI=1S/C13H13N3O5/c1-14-11(17)12-15-10(16-21-12)7-20-9-5-3-8(4-6-9)13(18)19-2/h3-6H,7H2,1-2H3,(H,14,17). The number of esters is 1. The first kappa shape index (κ1) is 14.5. The van der Waals surface area contributed by atoms with Crippen LogP contribution in [0.15, 0.2) is 28.8 Å². The first-order chi connectivity index (χ1) is 10.1. The van der Waals surface area contributed by atoms with Crippen LogP contribution in [0.5, 0.6) is 5.75 Å². The van der Waals surface area contributed by atoms with Crippen molar-refractivity contribution >= 4 is 11.9 Å². The highest BCUT2D eigenvalue weighted by atomic mass is 16.5. The SMILES string of the molecule is CNC(=O)c1nc(COc2ccc(C(=O)OC)cc2)no1. The van der Waals surface area contributed by atoms with Crippen LogP contribution in [0.25, 0.3) is 0 Å². The summed E-state index contributed by atoms with van der Waals surface area (Å²) in [6.07, 6.45) is 0. The molecule has 1 aromatic heterocycles. The second-order valence-corrected chi connectivity index (χ2v) is 3.90. The van der Waals surface area contributed by atoms with E-state index >= 15 is 0 Å². The van der Waals surface area contributed by atoms with Gasteiger partial charge in [0.05, 0.1) is 12.7 Å². The molecule has 0 aliphatic carbocycles. The predicted octanol–water partition coefficient (Wildman–Crippen LogP) is 0.795. The Hall–Kier alpha value is -2.90. The number of carbonyl (C=O) groups excluding carboxylic acids is 2. The van der Waals surface area contributed by atoms with Gasteiger partial charge in [-0.15, -0.1) is 0 Å². The third-order valence-corrected chi connectivity index (χ3v) is 2.53. The molecule has 1 aromatic carbocycles. The third-order valence-electron chi connectivity index (χ3n) is 2.53. The second-order valence-electron chi connectivity index (χ2n) is 3.90. The Morgan fingerprint density at radius 2 is 2.00 bits per heavy atom. The molecule has 1 N–H and O–H groups in total. The molecule has 2 aromatic rings. The Balaban J connectivity index is 1.95. The number of carbonyl (C=O) groups is 2. The maximum absolute atomic E-state index is 11.3. The molecule has 0 spiro atoms. The van der Waals surface area contributed by atoms with E-state index in [2.05, 4.69) is 20.2 Å². The molecule has 0 bridgehead atoms. The number of amides is 1. The highest BCUT2D eigenvalue weighted by molar-refractivity contribution is 5.89. The molecular weight excluding hydrogens is 278 g/mol. The van der Waals surface area contributed by atoms with E-state index in [1.165, 1.54) is 14.2 Å². The van der Waals surface area contributed by atoms with E-state index in [-0.39, 0.29) is 18.3 Å². The van der Waals surface area contributed by atoms with E-state index in [1.54, 1.807) is 24.3 Å². The molecule has 8 nitrogen and oxygen atoms in total. The molecule has 8 heteroatoms. The molecule has 0 atom stereocenters. The van der Waals surface area contributed by atoms with Gasteiger partial charge in [0.2, 0.25) is 5.82 Å². The number of rotatable bonds is 5. The molecule has 1 amide bonds. The van der Waals surface area contributed by atoms with Gasteiger partial charge in [-0.05, 0) is 24.3 Å². The minimum absolute atomic E-state index is 0.0397. The van der Waals surface area contributed by atoms with Gasteiger partial charge in [-0.2, -0.15) is 4.98 Å². The van der Waals surface area contributed by atoms with Crippen molar-refractivity contribution in [3.8, 4) is 5.75 Å². The van der Waals surface area contributed by atoms with Gasteiger partial charge in [0.1, 0.15) is 5.75 Å². The normalized spacial score (nSPS) is 10.0. The van der Waals surface area contributed by atoms with Gasteiger partial charge in [0.15, 0.2) is 6.61 Å². The van der Waals surface area contributed by atoms with Crippen molar-refractivity contribution < 1.29 is 23.6 Å². The van der Waals surface area contributed by atoms with Crippen molar-refractivity contribution in [1.82, 2.24) is 15.5 Å². The third kappa shape index (κ3) is 3.56. The summed E-state index contributed by atoms with van der Waals surface area (Å²) >= 11 is 0. The Morgan fingerprint density at radius 1 is 1.29 bits per heavy atom. The van der Waals surface area contributed by atoms with E-state index < -0.39 is 11.9 Å². The molecule has 21 heavy (non-hydrogen) atoms. The summed E-state index contributed by atoms with van der Waals surface area (Å²) in [5.74, 6) is -0.247. The number of hydrogen-bond acceptors (Lipinski definition) is 7. The van der Waals surface area contributed by atoms with Crippen LogP contribution in [0.2, 0.25) is 0 Å². The minimum Gasteiger partial charge on any atom is -0.485 e. The Kier molecular flexibility index (Phi) is 4.50. The molecule has 0 radical (unpaired) electrons. The summed E-state index contributed by atoms with van der Waals surface area (Å²) in [7, 11) is 2.78. The topological polar surface area (TPSA) is 104 Å². The molecule has 0 fully saturated rings. The van der Waals surface area contributed by atoms with Crippen molar-refractivity contribution in [2.75, 3.05) is 14.2 Å². The molecule has 0 unspecified atom stereocenters. The lowest BCUT2D eigenvalue weighted by Crippen LogP contribution is -2.18. The molecule has 0 aliphatic heterocycles. The van der Waals surface area contributed by atoms with Crippen molar-refractivity contribution in [2.24, 2.45) is 0 Å². The van der Waals surface area contributed by atoms with Crippen molar-refractivity contribution in [3.63, 3.8) is 0 Å². The number of methoxy groups -OCH3 is 1. The number of nitrogens with zero attached hydrogens (tertiary/aromatic N) is 2. The van der Waals surface area contributed by atoms with E-state index in [4.69, 9.17) is 9.26 Å². The number of hydrogen-bond donors (Lipinski definition) is 1. The van der Waals surface area contributed by atoms with Crippen LogP contribution in [0.3, 0.4) is 0 Å². The largest absolute Gasteiger partial charge is 0.485 e. The number of aromatic nitrogens is 2. The monoisotopic (exact) mass is 291 g/mol. The lowest BCUT2D eigenvalue weighted by atomic mass is 10.2. The zero-order valence-corrected chi connectivity index (χ0v) is 11.5. The maximum Gasteiger partial charge on any atom is 0.337 e. The zero-order valence-electron chi connectivity index (χ0n) is 11.5. The summed E-state index contributed by atoms with van der Waals surface area (Å²) in [5, 5.41) is 5.98. The molecule has 110 valence electrons. The van der Waals surface area contributed by atoms with Crippen molar-refractivity contribution in [2.45, 2.75) is 6.61 Å². The van der Waals surface area contributed by atoms with E-state index in [0.29, 0.717) is 11.3 Å². The highest BCUT2D eigenvalue weighted by Gasteiger charge is 2.13. The lowest BCUT2D eigenvalue weighted by molar-refractivity contribution is 0.0600. The Morgan fingerprint density at radius 3 is 2.62 bits per heavy atom. The average molecular weight is 291 g/mol. The molecule has 0 saturated carbocycles. The lowest BCUT2D eigenvalue weighted by Gasteiger charge is -2.04. The molecule has 0 aliphatic rings. The fraction of sp³-hybridized carbons (Fsp3) is 0.231. The molecule has 0 saturated heterocycles. The predicted molar refractivity (Wildman–Crippen MR) is 69.8 cm³/mol. The second kappa shape index (κ2) is 6.51. The van der Waals surface area contributed by atoms with Gasteiger partial charge in [0, 0.05) is 7.05 Å². The summed E-state index contributed by atoms with van der Waals surface area (Å²) < 4.78 is 14.8. The smallest absolute Gasteiger partial charge is 0.337 e. The van der Waals surface area contributed by atoms with E-state index in [9.17, 15) is 9.59 Å². The minimum atomic E-state index is -0.462. The first-order valence-electron chi connectivity index (χ1n) is 6.00. The van der Waals surface area contributed by atoms with Gasteiger partial charge >= 0.3 is 17.8 Å². The van der Waals surface area contributed by atoms with Crippen LogP contribution in [0.1, 0.15) is 26.9 Å². The number of nitrogens with one attached hydrogen (secondary N) is 1. The summed E-state index contributed by atoms with van der Waals surface area (Å²) in [6, 6.07) is 6.39. The van der Waals surface area contributed by atoms with Crippen LogP contribution in [-0.2, 0) is 11.3 Å². The van der Waals surface area contributed by atoms with Crippen molar-refractivity contribution in [3.05, 3.63) is 41.5 Å². The summed E-state index contributed by atoms with van der Waals surface area (Å²) in [4.78, 5) is 26.4. The van der Waals surface area contributed by atoms with Crippen LogP contribution in [0, 0.1) is 0 Å². The van der Waals surface area contributed by atoms with Crippen LogP contribution in [0.4, 0.5) is 0 Å². The fourth-order valence-electron chi connectivity index (χ4n) is 1.46. The number of ether oxygens (including phenoxy) is 2. The summed E-state index contributed by atoms with van der Waals surface area (Å²) in [5.41, 5.74) is 0.423. The average Bonchev–Trinajstić information content (AvgIpc) is 3.01. The van der Waals surface area contributed by atoms with Crippen LogP contribution >= 0.6 is 0 Å². The molecule has 2 rings (SSSR count). The quantitative estimate of drug-likeness (QED) is 0.812. The first-order valence-corrected chi connectivity index (χ1v) is 6.00. The van der Waals surface area contributed by atoms with E-state index in [1.807, 2.05) is 0 Å². The van der Waals surface area contributed by atoms with Crippen molar-refractivity contribution in [1.29, 1.82) is 0 Å². The Bertz CT molecular complexity index is 636. The number of benzene rings is 1. The molecule has 1 heterocycles. The highest BCUT2D eigenvalue weighted by Crippen LogP contribution is 2.14. The fourth-order valence-corrected chi connectivity index (χ4v) is 1.46. The van der Waals surface area contributed by atoms with Gasteiger partial charge in [-0.1, -0.05) is 5.16 Å². The molecular formula is C13H13N3O5. The van der Waals surface area contributed by atoms with Gasteiger partial charge < -0.3 is 19.3 Å². The summed E-state index contributed by atoms with van der Waals surface area (Å²) in [6.45, 7) is 0.0397.